The van der Waals surface area contributed by atoms with Crippen LogP contribution >= 0.6 is 15.9 Å². The summed E-state index contributed by atoms with van der Waals surface area (Å²) in [5.74, 6) is -0.370. The fourth-order valence-corrected chi connectivity index (χ4v) is 4.52. The van der Waals surface area contributed by atoms with Gasteiger partial charge in [0.25, 0.3) is 0 Å². The molecule has 6 heteroatoms. The van der Waals surface area contributed by atoms with E-state index in [1.807, 2.05) is 24.3 Å². The maximum Gasteiger partial charge on any atom is 0.245 e. The SMILES string of the molecule is CC(C(=O)N1CCCc2ccccc21)S(=O)(=O)c1ccc(Br)cc1. The highest BCUT2D eigenvalue weighted by Gasteiger charge is 2.35. The first-order chi connectivity index (χ1) is 11.4. The normalized spacial score (nSPS) is 15.7. The number of benzene rings is 2. The average Bonchev–Trinajstić information content (AvgIpc) is 2.60. The molecule has 4 nitrogen and oxygen atoms in total. The highest BCUT2D eigenvalue weighted by molar-refractivity contribution is 9.10. The minimum absolute atomic E-state index is 0.164. The van der Waals surface area contributed by atoms with E-state index in [0.717, 1.165) is 28.6 Å². The number of nitrogens with zero attached hydrogens (tertiary/aromatic N) is 1. The maximum absolute atomic E-state index is 12.9. The van der Waals surface area contributed by atoms with Crippen molar-refractivity contribution in [2.45, 2.75) is 29.9 Å². The first kappa shape index (κ1) is 17.2. The van der Waals surface area contributed by atoms with Crippen LogP contribution in [0.15, 0.2) is 57.9 Å². The Balaban J connectivity index is 1.92. The molecule has 0 spiro atoms. The van der Waals surface area contributed by atoms with Crippen LogP contribution in [0.5, 0.6) is 0 Å². The fraction of sp³-hybridized carbons (Fsp3) is 0.278. The van der Waals surface area contributed by atoms with E-state index < -0.39 is 15.1 Å². The largest absolute Gasteiger partial charge is 0.311 e. The van der Waals surface area contributed by atoms with Crippen molar-refractivity contribution in [3.05, 3.63) is 58.6 Å². The van der Waals surface area contributed by atoms with E-state index in [9.17, 15) is 13.2 Å². The molecule has 0 radical (unpaired) electrons. The van der Waals surface area contributed by atoms with E-state index in [2.05, 4.69) is 15.9 Å². The van der Waals surface area contributed by atoms with Gasteiger partial charge in [0.1, 0.15) is 5.25 Å². The number of aryl methyl sites for hydroxylation is 1. The highest BCUT2D eigenvalue weighted by Crippen LogP contribution is 2.29. The third kappa shape index (κ3) is 3.13. The molecule has 0 fully saturated rings. The third-order valence-corrected chi connectivity index (χ3v) is 6.92. The van der Waals surface area contributed by atoms with Crippen molar-refractivity contribution in [1.82, 2.24) is 0 Å². The Morgan fingerprint density at radius 3 is 2.50 bits per heavy atom. The zero-order valence-corrected chi connectivity index (χ0v) is 15.7. The van der Waals surface area contributed by atoms with Crippen molar-refractivity contribution in [2.24, 2.45) is 0 Å². The molecular formula is C18H18BrNO3S. The summed E-state index contributed by atoms with van der Waals surface area (Å²) >= 11 is 3.29. The molecule has 3 rings (SSSR count). The first-order valence-electron chi connectivity index (χ1n) is 7.80. The quantitative estimate of drug-likeness (QED) is 0.780. The summed E-state index contributed by atoms with van der Waals surface area (Å²) in [7, 11) is -3.72. The molecule has 1 unspecified atom stereocenters. The van der Waals surface area contributed by atoms with Gasteiger partial charge < -0.3 is 4.90 Å². The van der Waals surface area contributed by atoms with Crippen LogP contribution < -0.4 is 4.90 Å². The lowest BCUT2D eigenvalue weighted by Crippen LogP contribution is -2.44. The molecule has 126 valence electrons. The zero-order chi connectivity index (χ0) is 17.3. The molecule has 0 bridgehead atoms. The minimum Gasteiger partial charge on any atom is -0.311 e. The number of sulfone groups is 1. The summed E-state index contributed by atoms with van der Waals surface area (Å²) in [4.78, 5) is 14.7. The fourth-order valence-electron chi connectivity index (χ4n) is 2.94. The number of para-hydroxylation sites is 1. The summed E-state index contributed by atoms with van der Waals surface area (Å²) in [6.45, 7) is 2.02. The predicted octanol–water partition coefficient (Wildman–Crippen LogP) is 3.59. The molecule has 1 aliphatic rings. The highest BCUT2D eigenvalue weighted by atomic mass is 79.9. The van der Waals surface area contributed by atoms with E-state index in [0.29, 0.717) is 6.54 Å². The average molecular weight is 408 g/mol. The molecule has 1 amide bonds. The molecule has 0 aliphatic carbocycles. The lowest BCUT2D eigenvalue weighted by molar-refractivity contribution is -0.118. The second-order valence-corrected chi connectivity index (χ2v) is 9.05. The van der Waals surface area contributed by atoms with Crippen LogP contribution in [-0.4, -0.2) is 26.1 Å². The Kier molecular flexibility index (Phi) is 4.78. The van der Waals surface area contributed by atoms with Gasteiger partial charge in [-0.3, -0.25) is 4.79 Å². The Morgan fingerprint density at radius 2 is 1.79 bits per heavy atom. The summed E-state index contributed by atoms with van der Waals surface area (Å²) < 4.78 is 26.4. The number of halogens is 1. The van der Waals surface area contributed by atoms with Crippen LogP contribution in [0.3, 0.4) is 0 Å². The second kappa shape index (κ2) is 6.69. The van der Waals surface area contributed by atoms with Crippen LogP contribution in [-0.2, 0) is 21.1 Å². The monoisotopic (exact) mass is 407 g/mol. The molecule has 2 aromatic rings. The van der Waals surface area contributed by atoms with Crippen molar-refractivity contribution in [1.29, 1.82) is 0 Å². The standard InChI is InChI=1S/C18H18BrNO3S/c1-13(24(22,23)16-10-8-15(19)9-11-16)18(21)20-12-4-6-14-5-2-3-7-17(14)20/h2-3,5,7-11,13H,4,6,12H2,1H3. The molecule has 24 heavy (non-hydrogen) atoms. The molecule has 0 saturated carbocycles. The van der Waals surface area contributed by atoms with Crippen molar-refractivity contribution < 1.29 is 13.2 Å². The molecule has 0 aromatic heterocycles. The van der Waals surface area contributed by atoms with Gasteiger partial charge in [-0.05, 0) is 55.7 Å². The number of hydrogen-bond acceptors (Lipinski definition) is 3. The summed E-state index contributed by atoms with van der Waals surface area (Å²) in [5, 5.41) is -1.12. The van der Waals surface area contributed by atoms with Gasteiger partial charge in [0.05, 0.1) is 4.90 Å². The number of amides is 1. The number of fused-ring (bicyclic) bond motifs is 1. The topological polar surface area (TPSA) is 54.5 Å². The molecule has 1 atom stereocenters. The summed E-state index contributed by atoms with van der Waals surface area (Å²) in [6.07, 6.45) is 1.75. The van der Waals surface area contributed by atoms with Gasteiger partial charge in [0.15, 0.2) is 9.84 Å². The van der Waals surface area contributed by atoms with Crippen molar-refractivity contribution in [3.63, 3.8) is 0 Å². The number of hydrogen-bond donors (Lipinski definition) is 0. The molecular weight excluding hydrogens is 390 g/mol. The van der Waals surface area contributed by atoms with E-state index >= 15 is 0 Å². The Morgan fingerprint density at radius 1 is 1.12 bits per heavy atom. The lowest BCUT2D eigenvalue weighted by atomic mass is 10.0. The zero-order valence-electron chi connectivity index (χ0n) is 13.3. The van der Waals surface area contributed by atoms with Crippen molar-refractivity contribution in [3.8, 4) is 0 Å². The van der Waals surface area contributed by atoms with Gasteiger partial charge in [-0.15, -0.1) is 0 Å². The van der Waals surface area contributed by atoms with E-state index in [1.54, 1.807) is 17.0 Å². The van der Waals surface area contributed by atoms with Gasteiger partial charge in [-0.2, -0.15) is 0 Å². The van der Waals surface area contributed by atoms with Gasteiger partial charge in [-0.25, -0.2) is 8.42 Å². The van der Waals surface area contributed by atoms with Gasteiger partial charge >= 0.3 is 0 Å². The van der Waals surface area contributed by atoms with Crippen LogP contribution in [0.2, 0.25) is 0 Å². The number of rotatable bonds is 3. The molecule has 0 N–H and O–H groups in total. The molecule has 1 heterocycles. The molecule has 1 aliphatic heterocycles. The van der Waals surface area contributed by atoms with Crippen LogP contribution in [0, 0.1) is 0 Å². The van der Waals surface area contributed by atoms with Crippen LogP contribution in [0.25, 0.3) is 0 Å². The summed E-state index contributed by atoms with van der Waals surface area (Å²) in [5.41, 5.74) is 1.91. The Hall–Kier alpha value is -1.66. The number of carbonyl (C=O) groups is 1. The van der Waals surface area contributed by atoms with Gasteiger partial charge in [0.2, 0.25) is 5.91 Å². The first-order valence-corrected chi connectivity index (χ1v) is 10.1. The van der Waals surface area contributed by atoms with E-state index in [4.69, 9.17) is 0 Å². The van der Waals surface area contributed by atoms with E-state index in [1.165, 1.54) is 19.1 Å². The van der Waals surface area contributed by atoms with E-state index in [-0.39, 0.29) is 10.8 Å². The smallest absolute Gasteiger partial charge is 0.245 e. The van der Waals surface area contributed by atoms with Crippen molar-refractivity contribution >= 4 is 37.4 Å². The lowest BCUT2D eigenvalue weighted by Gasteiger charge is -2.31. The molecule has 2 aromatic carbocycles. The van der Waals surface area contributed by atoms with Crippen LogP contribution in [0.4, 0.5) is 5.69 Å². The Labute approximate surface area is 150 Å². The predicted molar refractivity (Wildman–Crippen MR) is 97.9 cm³/mol. The number of carbonyl (C=O) groups excluding carboxylic acids is 1. The third-order valence-electron chi connectivity index (χ3n) is 4.33. The van der Waals surface area contributed by atoms with Gasteiger partial charge in [0, 0.05) is 16.7 Å². The second-order valence-electron chi connectivity index (χ2n) is 5.86. The maximum atomic E-state index is 12.9. The van der Waals surface area contributed by atoms with Gasteiger partial charge in [-0.1, -0.05) is 34.1 Å². The summed E-state index contributed by atoms with van der Waals surface area (Å²) in [6, 6.07) is 14.1. The van der Waals surface area contributed by atoms with Crippen LogP contribution in [0.1, 0.15) is 18.9 Å². The van der Waals surface area contributed by atoms with Crippen molar-refractivity contribution in [2.75, 3.05) is 11.4 Å². The molecule has 0 saturated heterocycles. The Bertz CT molecular complexity index is 862. The minimum atomic E-state index is -3.72. The number of anilines is 1.